The molecule has 150 valence electrons. The van der Waals surface area contributed by atoms with Crippen LogP contribution in [0.15, 0.2) is 51.9 Å². The first-order valence-electron chi connectivity index (χ1n) is 9.32. The van der Waals surface area contributed by atoms with E-state index in [0.29, 0.717) is 47.0 Å². The molecule has 1 aromatic heterocycles. The first-order valence-corrected chi connectivity index (χ1v) is 11.5. The van der Waals surface area contributed by atoms with Crippen molar-refractivity contribution in [3.8, 4) is 16.9 Å². The van der Waals surface area contributed by atoms with E-state index in [1.54, 1.807) is 36.4 Å². The minimum atomic E-state index is -2.99. The summed E-state index contributed by atoms with van der Waals surface area (Å²) >= 11 is 5.94. The molecule has 0 aliphatic carbocycles. The second kappa shape index (κ2) is 6.86. The lowest BCUT2D eigenvalue weighted by Crippen LogP contribution is -2.41. The lowest BCUT2D eigenvalue weighted by Gasteiger charge is -2.33. The highest BCUT2D eigenvalue weighted by Crippen LogP contribution is 2.34. The number of ether oxygens (including phenoxy) is 1. The average Bonchev–Trinajstić information content (AvgIpc) is 3.08. The molecule has 1 fully saturated rings. The van der Waals surface area contributed by atoms with Crippen molar-refractivity contribution in [2.24, 2.45) is 0 Å². The van der Waals surface area contributed by atoms with E-state index in [1.165, 1.54) is 6.26 Å². The predicted molar refractivity (Wildman–Crippen MR) is 111 cm³/mol. The summed E-state index contributed by atoms with van der Waals surface area (Å²) in [5.74, 6) is 1.01. The summed E-state index contributed by atoms with van der Waals surface area (Å²) in [7, 11) is -2.99. The molecule has 0 unspecified atom stereocenters. The van der Waals surface area contributed by atoms with E-state index >= 15 is 0 Å². The van der Waals surface area contributed by atoms with Crippen LogP contribution in [0.4, 0.5) is 0 Å². The molecule has 29 heavy (non-hydrogen) atoms. The maximum Gasteiger partial charge on any atom is 0.200 e. The Kier molecular flexibility index (Phi) is 4.42. The first-order chi connectivity index (χ1) is 13.9. The number of nitrogens with zero attached hydrogens (tertiary/aromatic N) is 1. The highest BCUT2D eigenvalue weighted by atomic mass is 35.5. The quantitative estimate of drug-likeness (QED) is 0.618. The van der Waals surface area contributed by atoms with Crippen LogP contribution in [0.1, 0.15) is 12.0 Å². The SMILES string of the molecule is O=c1c(-c2ccc(Cl)cc2)coc2c3c(ccc12)OCN([C@H]1CCS(=O)(=O)C1)C3. The fourth-order valence-corrected chi connectivity index (χ4v) is 5.94. The lowest BCUT2D eigenvalue weighted by atomic mass is 10.0. The maximum atomic E-state index is 13.1. The molecule has 0 spiro atoms. The molecule has 8 heteroatoms. The Bertz CT molecular complexity index is 1270. The molecule has 3 aromatic rings. The van der Waals surface area contributed by atoms with Gasteiger partial charge in [-0.05, 0) is 36.2 Å². The molecular formula is C21H18ClNO5S. The third kappa shape index (κ3) is 3.33. The van der Waals surface area contributed by atoms with E-state index in [1.807, 2.05) is 4.90 Å². The zero-order chi connectivity index (χ0) is 20.2. The summed E-state index contributed by atoms with van der Waals surface area (Å²) < 4.78 is 35.4. The van der Waals surface area contributed by atoms with Gasteiger partial charge in [0.1, 0.15) is 24.3 Å². The van der Waals surface area contributed by atoms with Crippen molar-refractivity contribution in [2.45, 2.75) is 19.0 Å². The second-order valence-corrected chi connectivity index (χ2v) is 10.1. The monoisotopic (exact) mass is 431 g/mol. The topological polar surface area (TPSA) is 76.8 Å². The van der Waals surface area contributed by atoms with Gasteiger partial charge in [-0.2, -0.15) is 0 Å². The summed E-state index contributed by atoms with van der Waals surface area (Å²) in [4.78, 5) is 15.1. The molecule has 1 saturated heterocycles. The van der Waals surface area contributed by atoms with Gasteiger partial charge in [0.2, 0.25) is 5.43 Å². The van der Waals surface area contributed by atoms with Crippen molar-refractivity contribution in [2.75, 3.05) is 18.2 Å². The van der Waals surface area contributed by atoms with Crippen molar-refractivity contribution in [1.29, 1.82) is 0 Å². The van der Waals surface area contributed by atoms with Gasteiger partial charge in [-0.3, -0.25) is 9.69 Å². The molecule has 2 aliphatic heterocycles. The second-order valence-electron chi connectivity index (χ2n) is 7.48. The van der Waals surface area contributed by atoms with Crippen molar-refractivity contribution in [1.82, 2.24) is 4.90 Å². The van der Waals surface area contributed by atoms with Crippen molar-refractivity contribution in [3.63, 3.8) is 0 Å². The van der Waals surface area contributed by atoms with Crippen LogP contribution in [-0.2, 0) is 16.4 Å². The zero-order valence-corrected chi connectivity index (χ0v) is 17.0. The number of fused-ring (bicyclic) bond motifs is 3. The highest BCUT2D eigenvalue weighted by molar-refractivity contribution is 7.91. The van der Waals surface area contributed by atoms with E-state index in [-0.39, 0.29) is 23.0 Å². The van der Waals surface area contributed by atoms with Gasteiger partial charge in [0.15, 0.2) is 9.84 Å². The number of hydrogen-bond donors (Lipinski definition) is 0. The Morgan fingerprint density at radius 3 is 2.62 bits per heavy atom. The van der Waals surface area contributed by atoms with Crippen LogP contribution in [-0.4, -0.2) is 37.6 Å². The Morgan fingerprint density at radius 1 is 1.10 bits per heavy atom. The van der Waals surface area contributed by atoms with Crippen LogP contribution >= 0.6 is 11.6 Å². The van der Waals surface area contributed by atoms with Gasteiger partial charge in [0, 0.05) is 17.6 Å². The molecule has 2 aliphatic rings. The average molecular weight is 432 g/mol. The van der Waals surface area contributed by atoms with Crippen LogP contribution in [0.2, 0.25) is 5.02 Å². The van der Waals surface area contributed by atoms with Crippen molar-refractivity contribution in [3.05, 3.63) is 63.5 Å². The van der Waals surface area contributed by atoms with E-state index < -0.39 is 9.84 Å². The third-order valence-corrected chi connectivity index (χ3v) is 7.63. The Labute approximate surface area is 172 Å². The van der Waals surface area contributed by atoms with Crippen LogP contribution in [0.25, 0.3) is 22.1 Å². The van der Waals surface area contributed by atoms with E-state index in [2.05, 4.69) is 0 Å². The van der Waals surface area contributed by atoms with Crippen LogP contribution in [0, 0.1) is 0 Å². The fourth-order valence-electron chi connectivity index (χ4n) is 4.05. The number of rotatable bonds is 2. The summed E-state index contributed by atoms with van der Waals surface area (Å²) in [6.45, 7) is 0.807. The molecular weight excluding hydrogens is 414 g/mol. The van der Waals surface area contributed by atoms with E-state index in [9.17, 15) is 13.2 Å². The van der Waals surface area contributed by atoms with Gasteiger partial charge in [0.05, 0.1) is 28.0 Å². The number of benzene rings is 2. The van der Waals surface area contributed by atoms with E-state index in [4.69, 9.17) is 20.8 Å². The smallest absolute Gasteiger partial charge is 0.200 e. The first kappa shape index (κ1) is 18.7. The number of sulfone groups is 1. The number of hydrogen-bond acceptors (Lipinski definition) is 6. The molecule has 0 bridgehead atoms. The van der Waals surface area contributed by atoms with Gasteiger partial charge in [-0.1, -0.05) is 23.7 Å². The van der Waals surface area contributed by atoms with Gasteiger partial charge < -0.3 is 9.15 Å². The van der Waals surface area contributed by atoms with Gasteiger partial charge in [0.25, 0.3) is 0 Å². The van der Waals surface area contributed by atoms with Gasteiger partial charge in [-0.25, -0.2) is 8.42 Å². The van der Waals surface area contributed by atoms with Gasteiger partial charge >= 0.3 is 0 Å². The van der Waals surface area contributed by atoms with Gasteiger partial charge in [-0.15, -0.1) is 0 Å². The molecule has 6 nitrogen and oxygen atoms in total. The standard InChI is InChI=1S/C21H18ClNO5S/c22-14-3-1-13(2-4-14)18-10-27-21-16(20(18)24)5-6-19-17(21)9-23(12-28-19)15-7-8-29(25,26)11-15/h1-6,10,15H,7-9,11-12H2/t15-/m0/s1. The normalized spacial score (nSPS) is 21.1. The van der Waals surface area contributed by atoms with Crippen LogP contribution < -0.4 is 10.2 Å². The summed E-state index contributed by atoms with van der Waals surface area (Å²) in [6.07, 6.45) is 2.06. The molecule has 0 N–H and O–H groups in total. The largest absolute Gasteiger partial charge is 0.478 e. The molecule has 0 amide bonds. The molecule has 1 atom stereocenters. The Morgan fingerprint density at radius 2 is 1.90 bits per heavy atom. The molecule has 5 rings (SSSR count). The zero-order valence-electron chi connectivity index (χ0n) is 15.4. The Balaban J connectivity index is 1.55. The lowest BCUT2D eigenvalue weighted by molar-refractivity contribution is 0.0649. The highest BCUT2D eigenvalue weighted by Gasteiger charge is 2.35. The minimum absolute atomic E-state index is 0.0801. The summed E-state index contributed by atoms with van der Waals surface area (Å²) in [5, 5.41) is 1.07. The summed E-state index contributed by atoms with van der Waals surface area (Å²) in [5.41, 5.74) is 2.33. The molecule has 3 heterocycles. The molecule has 0 saturated carbocycles. The van der Waals surface area contributed by atoms with Crippen molar-refractivity contribution < 1.29 is 17.6 Å². The maximum absolute atomic E-state index is 13.1. The fraction of sp³-hybridized carbons (Fsp3) is 0.286. The summed E-state index contributed by atoms with van der Waals surface area (Å²) in [6, 6.07) is 10.4. The third-order valence-electron chi connectivity index (χ3n) is 5.63. The van der Waals surface area contributed by atoms with E-state index in [0.717, 1.165) is 11.1 Å². The molecule has 0 radical (unpaired) electrons. The van der Waals surface area contributed by atoms with Crippen molar-refractivity contribution >= 4 is 32.4 Å². The number of halogens is 1. The molecule has 2 aromatic carbocycles. The minimum Gasteiger partial charge on any atom is -0.478 e. The van der Waals surface area contributed by atoms with Crippen LogP contribution in [0.3, 0.4) is 0 Å². The van der Waals surface area contributed by atoms with Crippen LogP contribution in [0.5, 0.6) is 5.75 Å². The predicted octanol–water partition coefficient (Wildman–Crippen LogP) is 3.45. The Hall–Kier alpha value is -2.35.